The molecule has 25 heavy (non-hydrogen) atoms. The molecule has 2 aromatic carbocycles. The van der Waals surface area contributed by atoms with Crippen molar-refractivity contribution < 1.29 is 14.3 Å². The Hall–Kier alpha value is -2.86. The van der Waals surface area contributed by atoms with Gasteiger partial charge in [-0.25, -0.2) is 0 Å². The number of ether oxygens (including phenoxy) is 1. The Balaban J connectivity index is 1.57. The largest absolute Gasteiger partial charge is 0.378 e. The fourth-order valence-electron chi connectivity index (χ4n) is 2.62. The van der Waals surface area contributed by atoms with Crippen LogP contribution in [0.4, 0.5) is 11.4 Å². The number of nitrogens with zero attached hydrogens (tertiary/aromatic N) is 1. The highest BCUT2D eigenvalue weighted by Crippen LogP contribution is 2.14. The number of carbonyl (C=O) groups excluding carboxylic acids is 2. The number of hydrogen-bond acceptors (Lipinski definition) is 4. The quantitative estimate of drug-likeness (QED) is 0.876. The number of anilines is 2. The van der Waals surface area contributed by atoms with Crippen LogP contribution in [0.2, 0.25) is 0 Å². The summed E-state index contributed by atoms with van der Waals surface area (Å²) < 4.78 is 5.27. The second-order valence-corrected chi connectivity index (χ2v) is 5.75. The van der Waals surface area contributed by atoms with E-state index in [0.717, 1.165) is 5.69 Å². The van der Waals surface area contributed by atoms with Gasteiger partial charge in [-0.05, 0) is 30.3 Å². The predicted molar refractivity (Wildman–Crippen MR) is 96.7 cm³/mol. The van der Waals surface area contributed by atoms with Crippen LogP contribution in [0.3, 0.4) is 0 Å². The van der Waals surface area contributed by atoms with E-state index in [1.165, 1.54) is 0 Å². The number of para-hydroxylation sites is 1. The van der Waals surface area contributed by atoms with E-state index in [1.54, 1.807) is 29.2 Å². The molecule has 1 fully saturated rings. The Labute approximate surface area is 146 Å². The molecule has 2 amide bonds. The second kappa shape index (κ2) is 8.30. The maximum Gasteiger partial charge on any atom is 0.254 e. The summed E-state index contributed by atoms with van der Waals surface area (Å²) in [4.78, 5) is 26.3. The van der Waals surface area contributed by atoms with Gasteiger partial charge in [0, 0.05) is 30.0 Å². The van der Waals surface area contributed by atoms with Gasteiger partial charge in [-0.3, -0.25) is 9.59 Å². The lowest BCUT2D eigenvalue weighted by atomic mass is 10.1. The van der Waals surface area contributed by atoms with Crippen molar-refractivity contribution in [2.24, 2.45) is 0 Å². The van der Waals surface area contributed by atoms with Gasteiger partial charge in [-0.15, -0.1) is 0 Å². The minimum atomic E-state index is -0.167. The van der Waals surface area contributed by atoms with Crippen molar-refractivity contribution in [2.75, 3.05) is 43.5 Å². The van der Waals surface area contributed by atoms with Crippen LogP contribution < -0.4 is 10.6 Å². The molecule has 0 unspecified atom stereocenters. The molecule has 2 aromatic rings. The molecular weight excluding hydrogens is 318 g/mol. The number of morpholine rings is 1. The van der Waals surface area contributed by atoms with Crippen LogP contribution in [0, 0.1) is 0 Å². The zero-order chi connectivity index (χ0) is 17.5. The van der Waals surface area contributed by atoms with Crippen LogP contribution in [-0.4, -0.2) is 49.6 Å². The lowest BCUT2D eigenvalue weighted by molar-refractivity contribution is -0.114. The van der Waals surface area contributed by atoms with Crippen molar-refractivity contribution in [1.82, 2.24) is 4.90 Å². The Morgan fingerprint density at radius 3 is 2.44 bits per heavy atom. The van der Waals surface area contributed by atoms with E-state index in [2.05, 4.69) is 10.6 Å². The smallest absolute Gasteiger partial charge is 0.254 e. The van der Waals surface area contributed by atoms with E-state index in [9.17, 15) is 9.59 Å². The monoisotopic (exact) mass is 339 g/mol. The minimum absolute atomic E-state index is 0.0400. The Kier molecular flexibility index (Phi) is 5.64. The van der Waals surface area contributed by atoms with Crippen molar-refractivity contribution in [3.05, 3.63) is 60.2 Å². The number of nitrogens with one attached hydrogen (secondary N) is 2. The number of amides is 2. The molecule has 2 N–H and O–H groups in total. The SMILES string of the molecule is O=C(CNc1ccccc1)Nc1cccc(C(=O)N2CCOCC2)c1. The van der Waals surface area contributed by atoms with Crippen molar-refractivity contribution in [2.45, 2.75) is 0 Å². The highest BCUT2D eigenvalue weighted by atomic mass is 16.5. The van der Waals surface area contributed by atoms with Crippen molar-refractivity contribution >= 4 is 23.2 Å². The highest BCUT2D eigenvalue weighted by Gasteiger charge is 2.18. The normalized spacial score (nSPS) is 14.0. The first-order chi connectivity index (χ1) is 12.2. The molecule has 0 bridgehead atoms. The first-order valence-electron chi connectivity index (χ1n) is 8.28. The lowest BCUT2D eigenvalue weighted by Crippen LogP contribution is -2.40. The predicted octanol–water partition coefficient (Wildman–Crippen LogP) is 2.21. The lowest BCUT2D eigenvalue weighted by Gasteiger charge is -2.27. The average Bonchev–Trinajstić information content (AvgIpc) is 2.67. The van der Waals surface area contributed by atoms with Gasteiger partial charge in [-0.1, -0.05) is 24.3 Å². The van der Waals surface area contributed by atoms with Crippen molar-refractivity contribution in [1.29, 1.82) is 0 Å². The van der Waals surface area contributed by atoms with E-state index in [1.807, 2.05) is 30.3 Å². The molecule has 0 aromatic heterocycles. The summed E-state index contributed by atoms with van der Waals surface area (Å²) in [7, 11) is 0. The van der Waals surface area contributed by atoms with Crippen LogP contribution in [0.5, 0.6) is 0 Å². The van der Waals surface area contributed by atoms with Gasteiger partial charge in [0.25, 0.3) is 5.91 Å². The van der Waals surface area contributed by atoms with Crippen molar-refractivity contribution in [3.63, 3.8) is 0 Å². The first kappa shape index (κ1) is 17.0. The van der Waals surface area contributed by atoms with Crippen molar-refractivity contribution in [3.8, 4) is 0 Å². The molecule has 0 aliphatic carbocycles. The van der Waals surface area contributed by atoms with Crippen LogP contribution in [-0.2, 0) is 9.53 Å². The molecule has 0 saturated carbocycles. The van der Waals surface area contributed by atoms with Gasteiger partial charge in [-0.2, -0.15) is 0 Å². The molecule has 0 radical (unpaired) electrons. The number of hydrogen-bond donors (Lipinski definition) is 2. The Bertz CT molecular complexity index is 728. The third-order valence-corrected chi connectivity index (χ3v) is 3.92. The van der Waals surface area contributed by atoms with Crippen LogP contribution >= 0.6 is 0 Å². The average molecular weight is 339 g/mol. The van der Waals surface area contributed by atoms with E-state index >= 15 is 0 Å². The zero-order valence-electron chi connectivity index (χ0n) is 13.9. The topological polar surface area (TPSA) is 70.7 Å². The van der Waals surface area contributed by atoms with Gasteiger partial charge in [0.05, 0.1) is 19.8 Å². The summed E-state index contributed by atoms with van der Waals surface area (Å²) in [6.45, 7) is 2.47. The highest BCUT2D eigenvalue weighted by molar-refractivity contribution is 5.98. The summed E-state index contributed by atoms with van der Waals surface area (Å²) in [5.74, 6) is -0.207. The van der Waals surface area contributed by atoms with Gasteiger partial charge >= 0.3 is 0 Å². The van der Waals surface area contributed by atoms with Gasteiger partial charge in [0.1, 0.15) is 0 Å². The summed E-state index contributed by atoms with van der Waals surface area (Å²) in [6, 6.07) is 16.5. The maximum absolute atomic E-state index is 12.5. The Morgan fingerprint density at radius 1 is 0.960 bits per heavy atom. The fourth-order valence-corrected chi connectivity index (χ4v) is 2.62. The molecule has 6 nitrogen and oxygen atoms in total. The number of benzene rings is 2. The summed E-state index contributed by atoms with van der Waals surface area (Å²) in [5, 5.41) is 5.87. The second-order valence-electron chi connectivity index (χ2n) is 5.75. The molecule has 3 rings (SSSR count). The van der Waals surface area contributed by atoms with E-state index < -0.39 is 0 Å². The first-order valence-corrected chi connectivity index (χ1v) is 8.28. The summed E-state index contributed by atoms with van der Waals surface area (Å²) in [5.41, 5.74) is 2.06. The van der Waals surface area contributed by atoms with E-state index in [-0.39, 0.29) is 18.4 Å². The van der Waals surface area contributed by atoms with Crippen LogP contribution in [0.25, 0.3) is 0 Å². The molecule has 1 heterocycles. The number of rotatable bonds is 5. The molecule has 0 spiro atoms. The van der Waals surface area contributed by atoms with E-state index in [4.69, 9.17) is 4.74 Å². The molecule has 1 saturated heterocycles. The van der Waals surface area contributed by atoms with Crippen LogP contribution in [0.1, 0.15) is 10.4 Å². The third kappa shape index (κ3) is 4.81. The molecule has 1 aliphatic heterocycles. The van der Waals surface area contributed by atoms with Gasteiger partial charge in [0.15, 0.2) is 0 Å². The zero-order valence-corrected chi connectivity index (χ0v) is 13.9. The fraction of sp³-hybridized carbons (Fsp3) is 0.263. The third-order valence-electron chi connectivity index (χ3n) is 3.92. The molecule has 130 valence electrons. The minimum Gasteiger partial charge on any atom is -0.378 e. The molecule has 1 aliphatic rings. The summed E-state index contributed by atoms with van der Waals surface area (Å²) >= 11 is 0. The number of carbonyl (C=O) groups is 2. The standard InChI is InChI=1S/C19H21N3O3/c23-18(14-20-16-6-2-1-3-7-16)21-17-8-4-5-15(13-17)19(24)22-9-11-25-12-10-22/h1-8,13,20H,9-12,14H2,(H,21,23). The van der Waals surface area contributed by atoms with Gasteiger partial charge < -0.3 is 20.3 Å². The molecular formula is C19H21N3O3. The molecule has 0 atom stereocenters. The van der Waals surface area contributed by atoms with Crippen LogP contribution in [0.15, 0.2) is 54.6 Å². The Morgan fingerprint density at radius 2 is 1.68 bits per heavy atom. The maximum atomic E-state index is 12.5. The molecule has 6 heteroatoms. The summed E-state index contributed by atoms with van der Waals surface area (Å²) in [6.07, 6.45) is 0. The van der Waals surface area contributed by atoms with Gasteiger partial charge in [0.2, 0.25) is 5.91 Å². The van der Waals surface area contributed by atoms with E-state index in [0.29, 0.717) is 37.6 Å².